The molecule has 0 radical (unpaired) electrons. The Kier molecular flexibility index (Phi) is 6.33. The second-order valence-electron chi connectivity index (χ2n) is 6.16. The molecule has 2 rings (SSSR count). The van der Waals surface area contributed by atoms with Crippen molar-refractivity contribution < 1.29 is 13.2 Å². The first-order chi connectivity index (χ1) is 11.8. The lowest BCUT2D eigenvalue weighted by Gasteiger charge is -2.11. The second-order valence-corrected chi connectivity index (χ2v) is 7.87. The van der Waals surface area contributed by atoms with Crippen molar-refractivity contribution in [2.24, 2.45) is 0 Å². The highest BCUT2D eigenvalue weighted by Crippen LogP contribution is 2.12. The summed E-state index contributed by atoms with van der Waals surface area (Å²) in [4.78, 5) is 12.4. The van der Waals surface area contributed by atoms with Gasteiger partial charge in [0.15, 0.2) is 0 Å². The van der Waals surface area contributed by atoms with Crippen LogP contribution in [0.1, 0.15) is 42.3 Å². The highest BCUT2D eigenvalue weighted by Gasteiger charge is 2.15. The van der Waals surface area contributed by atoms with Crippen LogP contribution in [-0.2, 0) is 23.0 Å². The summed E-state index contributed by atoms with van der Waals surface area (Å²) in [5, 5.41) is 2.82. The molecule has 0 aliphatic carbocycles. The summed E-state index contributed by atoms with van der Waals surface area (Å²) in [7, 11) is -3.54. The Morgan fingerprint density at radius 2 is 1.72 bits per heavy atom. The van der Waals surface area contributed by atoms with Gasteiger partial charge < -0.3 is 5.32 Å². The maximum atomic E-state index is 12.2. The lowest BCUT2D eigenvalue weighted by Crippen LogP contribution is -2.30. The third kappa shape index (κ3) is 5.41. The molecule has 1 amide bonds. The third-order valence-corrected chi connectivity index (χ3v) is 5.33. The van der Waals surface area contributed by atoms with Crippen LogP contribution in [0.15, 0.2) is 53.4 Å². The molecule has 0 atom stereocenters. The van der Waals surface area contributed by atoms with Gasteiger partial charge in [-0.3, -0.25) is 4.79 Å². The van der Waals surface area contributed by atoms with Gasteiger partial charge in [-0.2, -0.15) is 0 Å². The number of aryl methyl sites for hydroxylation is 1. The minimum absolute atomic E-state index is 0.181. The fourth-order valence-electron chi connectivity index (χ4n) is 2.38. The summed E-state index contributed by atoms with van der Waals surface area (Å²) in [5.74, 6) is -0.184. The van der Waals surface area contributed by atoms with E-state index < -0.39 is 10.0 Å². The van der Waals surface area contributed by atoms with Crippen molar-refractivity contribution in [3.63, 3.8) is 0 Å². The Balaban J connectivity index is 2.05. The Hall–Kier alpha value is -2.18. The van der Waals surface area contributed by atoms with Gasteiger partial charge in [0.2, 0.25) is 10.0 Å². The van der Waals surface area contributed by atoms with E-state index in [1.54, 1.807) is 50.2 Å². The smallest absolute Gasteiger partial charge is 0.251 e. The number of sulfonamides is 1. The van der Waals surface area contributed by atoms with Crippen LogP contribution in [0.4, 0.5) is 0 Å². The molecule has 0 saturated carbocycles. The van der Waals surface area contributed by atoms with E-state index in [0.717, 1.165) is 12.0 Å². The molecule has 2 N–H and O–H groups in total. The van der Waals surface area contributed by atoms with Gasteiger partial charge in [0, 0.05) is 18.2 Å². The molecular weight excluding hydrogens is 336 g/mol. The summed E-state index contributed by atoms with van der Waals surface area (Å²) >= 11 is 0. The molecule has 2 aromatic rings. The average Bonchev–Trinajstić information content (AvgIpc) is 2.59. The molecule has 25 heavy (non-hydrogen) atoms. The molecule has 0 aliphatic rings. The highest BCUT2D eigenvalue weighted by atomic mass is 32.2. The Bertz CT molecular complexity index is 828. The summed E-state index contributed by atoms with van der Waals surface area (Å²) in [6.45, 7) is 5.86. The molecule has 6 heteroatoms. The molecular formula is C19H24N2O3S. The van der Waals surface area contributed by atoms with Gasteiger partial charge in [-0.25, -0.2) is 13.1 Å². The quantitative estimate of drug-likeness (QED) is 0.797. The Morgan fingerprint density at radius 3 is 2.32 bits per heavy atom. The molecule has 0 aromatic heterocycles. The third-order valence-electron chi connectivity index (χ3n) is 3.68. The van der Waals surface area contributed by atoms with Crippen LogP contribution in [0.25, 0.3) is 0 Å². The molecule has 0 fully saturated rings. The summed E-state index contributed by atoms with van der Waals surface area (Å²) in [6.07, 6.45) is 0.924. The zero-order valence-electron chi connectivity index (χ0n) is 14.7. The molecule has 2 aromatic carbocycles. The fourth-order valence-corrected chi connectivity index (χ4v) is 3.70. The number of rotatable bonds is 7. The number of hydrogen-bond acceptors (Lipinski definition) is 3. The average molecular weight is 360 g/mol. The molecule has 0 bridgehead atoms. The lowest BCUT2D eigenvalue weighted by atomic mass is 10.1. The van der Waals surface area contributed by atoms with Gasteiger partial charge in [0.05, 0.1) is 4.90 Å². The molecule has 0 aliphatic heterocycles. The second kappa shape index (κ2) is 8.27. The monoisotopic (exact) mass is 360 g/mol. The molecule has 0 spiro atoms. The Labute approximate surface area is 149 Å². The van der Waals surface area contributed by atoms with E-state index >= 15 is 0 Å². The normalized spacial score (nSPS) is 11.5. The van der Waals surface area contributed by atoms with E-state index in [-0.39, 0.29) is 23.4 Å². The first kappa shape index (κ1) is 19.1. The fraction of sp³-hybridized carbons (Fsp3) is 0.316. The topological polar surface area (TPSA) is 75.3 Å². The molecule has 0 unspecified atom stereocenters. The van der Waals surface area contributed by atoms with Crippen LogP contribution in [0, 0.1) is 0 Å². The number of hydrogen-bond donors (Lipinski definition) is 2. The largest absolute Gasteiger partial charge is 0.348 e. The minimum Gasteiger partial charge on any atom is -0.348 e. The summed E-state index contributed by atoms with van der Waals surface area (Å²) in [5.41, 5.74) is 2.49. The molecule has 0 saturated heterocycles. The summed E-state index contributed by atoms with van der Waals surface area (Å²) in [6, 6.07) is 13.8. The number of benzene rings is 2. The predicted octanol–water partition coefficient (Wildman–Crippen LogP) is 2.87. The lowest BCUT2D eigenvalue weighted by molar-refractivity contribution is 0.0951. The standard InChI is InChI=1S/C19H24N2O3S/c1-4-15-8-10-17(11-9-15)19(22)20-13-16-6-5-7-18(12-16)25(23,24)21-14(2)3/h5-12,14,21H,4,13H2,1-3H3,(H,20,22). The van der Waals surface area contributed by atoms with E-state index in [2.05, 4.69) is 17.0 Å². The number of carbonyl (C=O) groups is 1. The van der Waals surface area contributed by atoms with Gasteiger partial charge in [-0.1, -0.05) is 31.2 Å². The van der Waals surface area contributed by atoms with Gasteiger partial charge in [-0.05, 0) is 55.7 Å². The summed E-state index contributed by atoms with van der Waals surface area (Å²) < 4.78 is 27.0. The van der Waals surface area contributed by atoms with E-state index in [9.17, 15) is 13.2 Å². The van der Waals surface area contributed by atoms with Crippen molar-refractivity contribution in [1.29, 1.82) is 0 Å². The SMILES string of the molecule is CCc1ccc(C(=O)NCc2cccc(S(=O)(=O)NC(C)C)c2)cc1. The van der Waals surface area contributed by atoms with Crippen LogP contribution in [0.2, 0.25) is 0 Å². The van der Waals surface area contributed by atoms with Crippen LogP contribution in [0.3, 0.4) is 0 Å². The minimum atomic E-state index is -3.54. The van der Waals surface area contributed by atoms with Crippen LogP contribution < -0.4 is 10.0 Å². The number of amides is 1. The maximum Gasteiger partial charge on any atom is 0.251 e. The maximum absolute atomic E-state index is 12.2. The number of nitrogens with one attached hydrogen (secondary N) is 2. The zero-order chi connectivity index (χ0) is 18.4. The van der Waals surface area contributed by atoms with Gasteiger partial charge in [0.25, 0.3) is 5.91 Å². The first-order valence-electron chi connectivity index (χ1n) is 8.30. The van der Waals surface area contributed by atoms with Crippen molar-refractivity contribution in [1.82, 2.24) is 10.0 Å². The van der Waals surface area contributed by atoms with E-state index in [4.69, 9.17) is 0 Å². The Morgan fingerprint density at radius 1 is 1.04 bits per heavy atom. The van der Waals surface area contributed by atoms with Gasteiger partial charge >= 0.3 is 0 Å². The van der Waals surface area contributed by atoms with E-state index in [1.165, 1.54) is 5.56 Å². The van der Waals surface area contributed by atoms with Gasteiger partial charge in [0.1, 0.15) is 0 Å². The van der Waals surface area contributed by atoms with Crippen molar-refractivity contribution in [2.45, 2.75) is 44.7 Å². The van der Waals surface area contributed by atoms with E-state index in [0.29, 0.717) is 5.56 Å². The van der Waals surface area contributed by atoms with E-state index in [1.807, 2.05) is 12.1 Å². The predicted molar refractivity (Wildman–Crippen MR) is 98.9 cm³/mol. The van der Waals surface area contributed by atoms with Crippen LogP contribution >= 0.6 is 0 Å². The molecule has 134 valence electrons. The highest BCUT2D eigenvalue weighted by molar-refractivity contribution is 7.89. The van der Waals surface area contributed by atoms with Gasteiger partial charge in [-0.15, -0.1) is 0 Å². The van der Waals surface area contributed by atoms with Crippen LogP contribution in [0.5, 0.6) is 0 Å². The first-order valence-corrected chi connectivity index (χ1v) is 9.78. The van der Waals surface area contributed by atoms with Crippen molar-refractivity contribution in [3.8, 4) is 0 Å². The van der Waals surface area contributed by atoms with Crippen molar-refractivity contribution >= 4 is 15.9 Å². The molecule has 5 nitrogen and oxygen atoms in total. The van der Waals surface area contributed by atoms with Crippen molar-refractivity contribution in [2.75, 3.05) is 0 Å². The van der Waals surface area contributed by atoms with Crippen molar-refractivity contribution in [3.05, 3.63) is 65.2 Å². The van der Waals surface area contributed by atoms with Crippen LogP contribution in [-0.4, -0.2) is 20.4 Å². The zero-order valence-corrected chi connectivity index (χ0v) is 15.6. The molecule has 0 heterocycles. The number of carbonyl (C=O) groups excluding carboxylic acids is 1.